The number of nitrogens with one attached hydrogen (secondary N) is 1. The van der Waals surface area contributed by atoms with Gasteiger partial charge in [0.25, 0.3) is 5.91 Å². The Labute approximate surface area is 159 Å². The minimum atomic E-state index is 0.0421. The molecule has 3 fully saturated rings. The topological polar surface area (TPSA) is 58.4 Å². The first-order chi connectivity index (χ1) is 12.6. The molecule has 3 N–H and O–H groups in total. The fourth-order valence-corrected chi connectivity index (χ4v) is 4.87. The van der Waals surface area contributed by atoms with Crippen LogP contribution >= 0.6 is 11.8 Å². The minimum Gasteiger partial charge on any atom is -0.399 e. The average molecular weight is 368 g/mol. The third-order valence-electron chi connectivity index (χ3n) is 5.60. The highest BCUT2D eigenvalue weighted by Crippen LogP contribution is 2.32. The van der Waals surface area contributed by atoms with E-state index in [1.54, 1.807) is 11.8 Å². The molecule has 3 heterocycles. The number of hydrogen-bond acceptors (Lipinski definition) is 4. The molecule has 0 spiro atoms. The maximum Gasteiger partial charge on any atom is 0.251 e. The van der Waals surface area contributed by atoms with E-state index in [9.17, 15) is 4.79 Å². The largest absolute Gasteiger partial charge is 0.399 e. The Morgan fingerprint density at radius 3 is 2.35 bits per heavy atom. The molecule has 3 aliphatic heterocycles. The maximum atomic E-state index is 12.6. The molecule has 4 atom stereocenters. The second-order valence-corrected chi connectivity index (χ2v) is 8.55. The molecule has 5 heteroatoms. The quantitative estimate of drug-likeness (QED) is 0.810. The van der Waals surface area contributed by atoms with Gasteiger partial charge in [0.1, 0.15) is 0 Å². The number of nitrogens with zero attached hydrogens (tertiary/aromatic N) is 1. The molecule has 26 heavy (non-hydrogen) atoms. The van der Waals surface area contributed by atoms with E-state index in [0.717, 1.165) is 27.6 Å². The highest BCUT2D eigenvalue weighted by atomic mass is 32.2. The number of carbonyl (C=O) groups excluding carboxylic acids is 1. The third kappa shape index (κ3) is 3.74. The molecule has 4 nitrogen and oxygen atoms in total. The highest BCUT2D eigenvalue weighted by Gasteiger charge is 2.38. The van der Waals surface area contributed by atoms with E-state index in [4.69, 9.17) is 5.73 Å². The van der Waals surface area contributed by atoms with E-state index in [0.29, 0.717) is 12.0 Å². The number of hydrogen-bond donors (Lipinski definition) is 2. The molecule has 2 aromatic rings. The van der Waals surface area contributed by atoms with E-state index in [1.807, 2.05) is 48.5 Å². The molecule has 0 saturated carbocycles. The van der Waals surface area contributed by atoms with Gasteiger partial charge >= 0.3 is 0 Å². The Hall–Kier alpha value is -1.98. The number of nitrogen functional groups attached to an aromatic ring is 1. The lowest BCUT2D eigenvalue weighted by Gasteiger charge is -2.48. The van der Waals surface area contributed by atoms with E-state index < -0.39 is 0 Å². The number of anilines is 1. The van der Waals surface area contributed by atoms with Crippen molar-refractivity contribution in [3.8, 4) is 0 Å². The van der Waals surface area contributed by atoms with E-state index in [1.165, 1.54) is 19.4 Å². The predicted molar refractivity (Wildman–Crippen MR) is 106 cm³/mol. The molecule has 1 amide bonds. The van der Waals surface area contributed by atoms with E-state index in [2.05, 4.69) is 17.1 Å². The summed E-state index contributed by atoms with van der Waals surface area (Å²) in [7, 11) is 0. The number of carbonyl (C=O) groups is 1. The number of nitrogens with two attached hydrogens (primary N) is 1. The standard InChI is InChI=1S/C21H25N3OS/c1-14-12-16-10-11-24(14)13-20(16)23-21(25)15-2-6-18(7-3-15)26-19-8-4-17(22)5-9-19/h2-9,14,16,20H,10-13,22H2,1H3,(H,23,25). The summed E-state index contributed by atoms with van der Waals surface area (Å²) < 4.78 is 0. The SMILES string of the molecule is CC1CC2CCN1CC2NC(=O)c1ccc(Sc2ccc(N)cc2)cc1. The molecule has 0 aliphatic carbocycles. The van der Waals surface area contributed by atoms with E-state index in [-0.39, 0.29) is 11.9 Å². The Morgan fingerprint density at radius 2 is 1.77 bits per heavy atom. The Balaban J connectivity index is 1.37. The fourth-order valence-electron chi connectivity index (χ4n) is 4.06. The number of amides is 1. The number of piperidine rings is 3. The number of rotatable bonds is 4. The second-order valence-electron chi connectivity index (χ2n) is 7.40. The summed E-state index contributed by atoms with van der Waals surface area (Å²) in [5.41, 5.74) is 7.22. The number of fused-ring (bicyclic) bond motifs is 3. The first-order valence-electron chi connectivity index (χ1n) is 9.27. The van der Waals surface area contributed by atoms with Crippen LogP contribution in [0.4, 0.5) is 5.69 Å². The van der Waals surface area contributed by atoms with Crippen LogP contribution in [0, 0.1) is 5.92 Å². The predicted octanol–water partition coefficient (Wildman–Crippen LogP) is 3.63. The van der Waals surface area contributed by atoms with Gasteiger partial charge in [-0.1, -0.05) is 11.8 Å². The molecule has 136 valence electrons. The summed E-state index contributed by atoms with van der Waals surface area (Å²) in [6, 6.07) is 16.6. The van der Waals surface area contributed by atoms with Crippen LogP contribution in [-0.2, 0) is 0 Å². The Morgan fingerprint density at radius 1 is 1.12 bits per heavy atom. The van der Waals surface area contributed by atoms with Gasteiger partial charge in [-0.25, -0.2) is 0 Å². The van der Waals surface area contributed by atoms with Crippen molar-refractivity contribution in [3.05, 3.63) is 54.1 Å². The molecule has 3 saturated heterocycles. The first-order valence-corrected chi connectivity index (χ1v) is 10.1. The molecule has 5 rings (SSSR count). The van der Waals surface area contributed by atoms with Crippen LogP contribution in [0.2, 0.25) is 0 Å². The van der Waals surface area contributed by atoms with Crippen molar-refractivity contribution >= 4 is 23.4 Å². The summed E-state index contributed by atoms with van der Waals surface area (Å²) in [5.74, 6) is 0.666. The van der Waals surface area contributed by atoms with Crippen LogP contribution in [-0.4, -0.2) is 36.0 Å². The highest BCUT2D eigenvalue weighted by molar-refractivity contribution is 7.99. The second kappa shape index (κ2) is 7.33. The van der Waals surface area contributed by atoms with Crippen LogP contribution in [0.1, 0.15) is 30.1 Å². The Kier molecular flexibility index (Phi) is 4.92. The summed E-state index contributed by atoms with van der Waals surface area (Å²) >= 11 is 1.67. The van der Waals surface area contributed by atoms with Gasteiger partial charge in [-0.05, 0) is 80.8 Å². The van der Waals surface area contributed by atoms with Crippen LogP contribution in [0.15, 0.2) is 58.3 Å². The smallest absolute Gasteiger partial charge is 0.251 e. The van der Waals surface area contributed by atoms with Crippen LogP contribution in [0.3, 0.4) is 0 Å². The molecular formula is C21H25N3OS. The summed E-state index contributed by atoms with van der Waals surface area (Å²) in [6.07, 6.45) is 2.40. The average Bonchev–Trinajstić information content (AvgIpc) is 2.65. The van der Waals surface area contributed by atoms with Crippen molar-refractivity contribution in [2.24, 2.45) is 5.92 Å². The van der Waals surface area contributed by atoms with Gasteiger partial charge in [0.05, 0.1) is 0 Å². The zero-order valence-corrected chi connectivity index (χ0v) is 15.8. The lowest BCUT2D eigenvalue weighted by atomic mass is 9.80. The molecule has 2 bridgehead atoms. The summed E-state index contributed by atoms with van der Waals surface area (Å²) in [6.45, 7) is 4.46. The van der Waals surface area contributed by atoms with Gasteiger partial charge < -0.3 is 11.1 Å². The van der Waals surface area contributed by atoms with Crippen molar-refractivity contribution in [3.63, 3.8) is 0 Å². The van der Waals surface area contributed by atoms with Crippen molar-refractivity contribution in [2.75, 3.05) is 18.8 Å². The van der Waals surface area contributed by atoms with E-state index >= 15 is 0 Å². The van der Waals surface area contributed by atoms with Gasteiger partial charge in [-0.2, -0.15) is 0 Å². The van der Waals surface area contributed by atoms with Crippen molar-refractivity contribution in [2.45, 2.75) is 41.6 Å². The van der Waals surface area contributed by atoms with Crippen LogP contribution < -0.4 is 11.1 Å². The van der Waals surface area contributed by atoms with Crippen molar-refractivity contribution < 1.29 is 4.79 Å². The van der Waals surface area contributed by atoms with Crippen LogP contribution in [0.25, 0.3) is 0 Å². The van der Waals surface area contributed by atoms with Gasteiger partial charge in [0, 0.05) is 39.7 Å². The van der Waals surface area contributed by atoms with Gasteiger partial charge in [-0.15, -0.1) is 0 Å². The van der Waals surface area contributed by atoms with Gasteiger partial charge in [0.2, 0.25) is 0 Å². The maximum absolute atomic E-state index is 12.6. The van der Waals surface area contributed by atoms with Gasteiger partial charge in [-0.3, -0.25) is 9.69 Å². The molecule has 2 aromatic carbocycles. The summed E-state index contributed by atoms with van der Waals surface area (Å²) in [5, 5.41) is 3.26. The molecule has 3 aliphatic rings. The zero-order chi connectivity index (χ0) is 18.1. The first kappa shape index (κ1) is 17.4. The molecule has 0 aromatic heterocycles. The lowest BCUT2D eigenvalue weighted by molar-refractivity contribution is 0.0274. The van der Waals surface area contributed by atoms with Crippen molar-refractivity contribution in [1.29, 1.82) is 0 Å². The normalized spacial score (nSPS) is 27.3. The third-order valence-corrected chi connectivity index (χ3v) is 6.62. The zero-order valence-electron chi connectivity index (χ0n) is 15.0. The minimum absolute atomic E-state index is 0.0421. The lowest BCUT2D eigenvalue weighted by Crippen LogP contribution is -2.60. The monoisotopic (exact) mass is 367 g/mol. The molecular weight excluding hydrogens is 342 g/mol. The van der Waals surface area contributed by atoms with Crippen molar-refractivity contribution in [1.82, 2.24) is 10.2 Å². The Bertz CT molecular complexity index is 775. The molecule has 0 radical (unpaired) electrons. The van der Waals surface area contributed by atoms with Gasteiger partial charge in [0.15, 0.2) is 0 Å². The fraction of sp³-hybridized carbons (Fsp3) is 0.381. The molecule has 4 unspecified atom stereocenters. The number of benzene rings is 2. The summed E-state index contributed by atoms with van der Waals surface area (Å²) in [4.78, 5) is 17.4. The van der Waals surface area contributed by atoms with Crippen LogP contribution in [0.5, 0.6) is 0 Å².